The zero-order valence-electron chi connectivity index (χ0n) is 11.2. The number of nitrogens with one attached hydrogen (secondary N) is 1. The Morgan fingerprint density at radius 1 is 1.50 bits per heavy atom. The average molecular weight is 307 g/mol. The summed E-state index contributed by atoms with van der Waals surface area (Å²) in [6, 6.07) is 3.34. The maximum Gasteiger partial charge on any atom is 0.178 e. The van der Waals surface area contributed by atoms with Crippen molar-refractivity contribution in [2.24, 2.45) is 0 Å². The van der Waals surface area contributed by atoms with Gasteiger partial charge in [0.05, 0.1) is 16.0 Å². The van der Waals surface area contributed by atoms with E-state index in [-0.39, 0.29) is 11.7 Å². The smallest absolute Gasteiger partial charge is 0.178 e. The molecule has 1 N–H and O–H groups in total. The monoisotopic (exact) mass is 307 g/mol. The number of aromatic amines is 1. The van der Waals surface area contributed by atoms with Gasteiger partial charge in [-0.25, -0.2) is 9.37 Å². The van der Waals surface area contributed by atoms with Crippen molar-refractivity contribution in [1.29, 1.82) is 0 Å². The Morgan fingerprint density at radius 3 is 3.00 bits per heavy atom. The molecule has 0 aliphatic carbocycles. The number of benzene rings is 1. The van der Waals surface area contributed by atoms with E-state index in [1.807, 2.05) is 22.2 Å². The molecule has 104 valence electrons. The fourth-order valence-corrected chi connectivity index (χ4v) is 3.27. The Balaban J connectivity index is 2.05. The van der Waals surface area contributed by atoms with Gasteiger partial charge in [-0.2, -0.15) is 0 Å². The van der Waals surface area contributed by atoms with Gasteiger partial charge in [0.1, 0.15) is 5.82 Å². The molecule has 20 heavy (non-hydrogen) atoms. The molecule has 1 unspecified atom stereocenters. The fourth-order valence-electron chi connectivity index (χ4n) is 2.29. The van der Waals surface area contributed by atoms with E-state index >= 15 is 0 Å². The molecule has 1 atom stereocenters. The minimum atomic E-state index is -0.214. The third-order valence-corrected chi connectivity index (χ3v) is 4.71. The van der Waals surface area contributed by atoms with Crippen LogP contribution in [0.25, 0.3) is 11.0 Å². The lowest BCUT2D eigenvalue weighted by atomic mass is 10.1. The van der Waals surface area contributed by atoms with Gasteiger partial charge in [-0.3, -0.25) is 0 Å². The maximum atomic E-state index is 13.6. The molecule has 3 rings (SSSR count). The number of thiazole rings is 1. The molecule has 2 aromatic heterocycles. The minimum Gasteiger partial charge on any atom is -0.330 e. The van der Waals surface area contributed by atoms with E-state index in [2.05, 4.69) is 16.9 Å². The first-order chi connectivity index (χ1) is 9.56. The molecule has 0 aliphatic heterocycles. The number of aryl methyl sites for hydroxylation is 1. The second-order valence-electron chi connectivity index (χ2n) is 4.93. The summed E-state index contributed by atoms with van der Waals surface area (Å²) in [4.78, 5) is 7.41. The van der Waals surface area contributed by atoms with Gasteiger partial charge in [-0.1, -0.05) is 6.92 Å². The van der Waals surface area contributed by atoms with Crippen LogP contribution in [0.3, 0.4) is 0 Å². The van der Waals surface area contributed by atoms with E-state index in [1.165, 1.54) is 6.07 Å². The predicted molar refractivity (Wildman–Crippen MR) is 82.3 cm³/mol. The van der Waals surface area contributed by atoms with Crippen LogP contribution in [0.4, 0.5) is 4.39 Å². The Bertz CT molecular complexity index is 802. The third-order valence-electron chi connectivity index (χ3n) is 3.38. The van der Waals surface area contributed by atoms with Gasteiger partial charge in [0.2, 0.25) is 0 Å². The lowest BCUT2D eigenvalue weighted by molar-refractivity contribution is 0.600. The molecule has 1 aromatic carbocycles. The number of hydrogen-bond donors (Lipinski definition) is 1. The number of nitrogens with zero attached hydrogens (tertiary/aromatic N) is 2. The third kappa shape index (κ3) is 2.29. The van der Waals surface area contributed by atoms with Crippen LogP contribution in [-0.2, 0) is 6.54 Å². The van der Waals surface area contributed by atoms with E-state index in [4.69, 9.17) is 12.2 Å². The highest BCUT2D eigenvalue weighted by Gasteiger charge is 2.13. The molecule has 6 heteroatoms. The number of imidazole rings is 1. The molecule has 2 heterocycles. The number of rotatable bonds is 3. The van der Waals surface area contributed by atoms with Gasteiger partial charge in [-0.05, 0) is 36.8 Å². The summed E-state index contributed by atoms with van der Waals surface area (Å²) in [5, 5.41) is 3.06. The first-order valence-electron chi connectivity index (χ1n) is 6.34. The standard InChI is InChI=1S/C14H14FN3S2/c1-8-5-12-11(6-10(8)15)17-14(19)18(12)7-9(2)13-16-3-4-20-13/h3-6,9H,7H2,1-2H3,(H,17,19). The summed E-state index contributed by atoms with van der Waals surface area (Å²) in [5.74, 6) is 0.0555. The molecule has 0 spiro atoms. The number of H-pyrrole nitrogens is 1. The molecule has 0 radical (unpaired) electrons. The van der Waals surface area contributed by atoms with Crippen molar-refractivity contribution in [2.45, 2.75) is 26.3 Å². The van der Waals surface area contributed by atoms with Crippen molar-refractivity contribution in [3.05, 3.63) is 44.9 Å². The summed E-state index contributed by atoms with van der Waals surface area (Å²) < 4.78 is 16.2. The number of fused-ring (bicyclic) bond motifs is 1. The van der Waals surface area contributed by atoms with Crippen molar-refractivity contribution < 1.29 is 4.39 Å². The Hall–Kier alpha value is -1.53. The second-order valence-corrected chi connectivity index (χ2v) is 6.24. The second kappa shape index (κ2) is 5.10. The molecular formula is C14H14FN3S2. The zero-order chi connectivity index (χ0) is 14.3. The maximum absolute atomic E-state index is 13.6. The average Bonchev–Trinajstić information content (AvgIpc) is 3.01. The molecule has 0 aliphatic rings. The van der Waals surface area contributed by atoms with Crippen molar-refractivity contribution >= 4 is 34.6 Å². The quantitative estimate of drug-likeness (QED) is 0.727. The predicted octanol–water partition coefficient (Wildman–Crippen LogP) is 4.41. The number of halogens is 1. The molecule has 0 bridgehead atoms. The first-order valence-corrected chi connectivity index (χ1v) is 7.63. The molecule has 0 fully saturated rings. The molecule has 3 aromatic rings. The van der Waals surface area contributed by atoms with Crippen LogP contribution < -0.4 is 0 Å². The summed E-state index contributed by atoms with van der Waals surface area (Å²) >= 11 is 7.00. The molecule has 0 saturated carbocycles. The highest BCUT2D eigenvalue weighted by Crippen LogP contribution is 2.24. The normalized spacial score (nSPS) is 12.9. The van der Waals surface area contributed by atoms with Crippen LogP contribution in [0.15, 0.2) is 23.7 Å². The molecule has 3 nitrogen and oxygen atoms in total. The molecular weight excluding hydrogens is 293 g/mol. The van der Waals surface area contributed by atoms with Crippen LogP contribution in [0.2, 0.25) is 0 Å². The first kappa shape index (κ1) is 13.5. The SMILES string of the molecule is Cc1cc2c(cc1F)[nH]c(=S)n2CC(C)c1nccs1. The Labute approximate surface area is 125 Å². The van der Waals surface area contributed by atoms with Gasteiger partial charge >= 0.3 is 0 Å². The summed E-state index contributed by atoms with van der Waals surface area (Å²) in [6.07, 6.45) is 1.81. The fraction of sp³-hybridized carbons (Fsp3) is 0.286. The van der Waals surface area contributed by atoms with Crippen LogP contribution in [0, 0.1) is 17.5 Å². The van der Waals surface area contributed by atoms with E-state index in [9.17, 15) is 4.39 Å². The van der Waals surface area contributed by atoms with Crippen LogP contribution in [-0.4, -0.2) is 14.5 Å². The summed E-state index contributed by atoms with van der Waals surface area (Å²) in [5.41, 5.74) is 2.31. The van der Waals surface area contributed by atoms with Gasteiger partial charge in [0.25, 0.3) is 0 Å². The highest BCUT2D eigenvalue weighted by atomic mass is 32.1. The molecule has 0 amide bonds. The van der Waals surface area contributed by atoms with Crippen LogP contribution in [0.1, 0.15) is 23.4 Å². The zero-order valence-corrected chi connectivity index (χ0v) is 12.8. The van der Waals surface area contributed by atoms with Crippen molar-refractivity contribution in [3.63, 3.8) is 0 Å². The summed E-state index contributed by atoms with van der Waals surface area (Å²) in [6.45, 7) is 4.62. The summed E-state index contributed by atoms with van der Waals surface area (Å²) in [7, 11) is 0. The van der Waals surface area contributed by atoms with Gasteiger partial charge in [-0.15, -0.1) is 11.3 Å². The van der Waals surface area contributed by atoms with Gasteiger partial charge in [0, 0.05) is 24.0 Å². The number of hydrogen-bond acceptors (Lipinski definition) is 3. The Morgan fingerprint density at radius 2 is 2.30 bits per heavy atom. The highest BCUT2D eigenvalue weighted by molar-refractivity contribution is 7.71. The van der Waals surface area contributed by atoms with E-state index in [1.54, 1.807) is 18.3 Å². The van der Waals surface area contributed by atoms with E-state index in [0.29, 0.717) is 10.3 Å². The lowest BCUT2D eigenvalue weighted by Crippen LogP contribution is -2.06. The van der Waals surface area contributed by atoms with Crippen molar-refractivity contribution in [3.8, 4) is 0 Å². The van der Waals surface area contributed by atoms with Crippen molar-refractivity contribution in [2.75, 3.05) is 0 Å². The largest absolute Gasteiger partial charge is 0.330 e. The van der Waals surface area contributed by atoms with E-state index in [0.717, 1.165) is 22.6 Å². The van der Waals surface area contributed by atoms with Crippen molar-refractivity contribution in [1.82, 2.24) is 14.5 Å². The van der Waals surface area contributed by atoms with E-state index < -0.39 is 0 Å². The topological polar surface area (TPSA) is 33.6 Å². The van der Waals surface area contributed by atoms with Gasteiger partial charge < -0.3 is 9.55 Å². The van der Waals surface area contributed by atoms with Gasteiger partial charge in [0.15, 0.2) is 4.77 Å². The lowest BCUT2D eigenvalue weighted by Gasteiger charge is -2.10. The Kier molecular flexibility index (Phi) is 3.43. The minimum absolute atomic E-state index is 0.214. The number of aromatic nitrogens is 3. The van der Waals surface area contributed by atoms with Crippen LogP contribution in [0.5, 0.6) is 0 Å². The van der Waals surface area contributed by atoms with Crippen LogP contribution >= 0.6 is 23.6 Å². The molecule has 0 saturated heterocycles.